The van der Waals surface area contributed by atoms with Crippen LogP contribution in [0, 0.1) is 0 Å². The average Bonchev–Trinajstić information content (AvgIpc) is 2.77. The predicted octanol–water partition coefficient (Wildman–Crippen LogP) is 0.556. The van der Waals surface area contributed by atoms with E-state index in [0.29, 0.717) is 18.0 Å². The first-order valence-corrected chi connectivity index (χ1v) is 6.51. The third kappa shape index (κ3) is 4.08. The third-order valence-corrected chi connectivity index (χ3v) is 3.39. The van der Waals surface area contributed by atoms with Gasteiger partial charge in [0.25, 0.3) is 5.91 Å². The molecule has 0 unspecified atom stereocenters. The highest BCUT2D eigenvalue weighted by atomic mass is 32.1. The van der Waals surface area contributed by atoms with Crippen LogP contribution < -0.4 is 11.3 Å². The van der Waals surface area contributed by atoms with E-state index in [2.05, 4.69) is 17.2 Å². The number of amides is 1. The highest BCUT2D eigenvalue weighted by Crippen LogP contribution is 2.18. The van der Waals surface area contributed by atoms with Crippen molar-refractivity contribution < 1.29 is 9.90 Å². The molecule has 4 N–H and O–H groups in total. The maximum atomic E-state index is 11.5. The smallest absolute Gasteiger partial charge is 0.275 e. The summed E-state index contributed by atoms with van der Waals surface area (Å²) in [7, 11) is 0. The molecule has 0 aromatic carbocycles. The van der Waals surface area contributed by atoms with E-state index >= 15 is 0 Å². The molecule has 0 spiro atoms. The quantitative estimate of drug-likeness (QED) is 0.379. The highest BCUT2D eigenvalue weighted by molar-refractivity contribution is 7.12. The molecule has 0 fully saturated rings. The van der Waals surface area contributed by atoms with Gasteiger partial charge in [0.2, 0.25) is 0 Å². The fourth-order valence-corrected chi connectivity index (χ4v) is 2.51. The number of nitrogen functional groups attached to an aromatic ring is 1. The van der Waals surface area contributed by atoms with Crippen molar-refractivity contribution in [3.8, 4) is 0 Å². The zero-order valence-corrected chi connectivity index (χ0v) is 10.8. The number of rotatable bonds is 7. The van der Waals surface area contributed by atoms with Crippen LogP contribution in [-0.2, 0) is 6.54 Å². The zero-order chi connectivity index (χ0) is 12.7. The normalized spacial score (nSPS) is 10.8. The van der Waals surface area contributed by atoms with Crippen molar-refractivity contribution in [2.75, 3.05) is 19.7 Å². The summed E-state index contributed by atoms with van der Waals surface area (Å²) in [5, 5.41) is 10.9. The Morgan fingerprint density at radius 3 is 2.94 bits per heavy atom. The molecule has 1 aromatic rings. The molecule has 5 nitrogen and oxygen atoms in total. The summed E-state index contributed by atoms with van der Waals surface area (Å²) in [6, 6.07) is 1.93. The second-order valence-corrected chi connectivity index (χ2v) is 4.66. The number of carbonyl (C=O) groups is 1. The van der Waals surface area contributed by atoms with E-state index in [1.807, 2.05) is 11.4 Å². The number of nitrogens with zero attached hydrogens (tertiary/aromatic N) is 1. The molecule has 0 aliphatic heterocycles. The van der Waals surface area contributed by atoms with Gasteiger partial charge in [0.1, 0.15) is 0 Å². The maximum absolute atomic E-state index is 11.5. The molecule has 0 aliphatic carbocycles. The second kappa shape index (κ2) is 7.39. The topological polar surface area (TPSA) is 78.6 Å². The molecule has 17 heavy (non-hydrogen) atoms. The standard InChI is InChI=1S/C11H19N3O2S/c1-2-4-14(5-6-15)8-9-3-7-17-10(9)11(16)13-12/h3,7,15H,2,4-6,8,12H2,1H3,(H,13,16). The fraction of sp³-hybridized carbons (Fsp3) is 0.545. The number of thiophene rings is 1. The lowest BCUT2D eigenvalue weighted by Crippen LogP contribution is -2.32. The number of hydrazine groups is 1. The molecular weight excluding hydrogens is 238 g/mol. The van der Waals surface area contributed by atoms with Crippen LogP contribution in [-0.4, -0.2) is 35.6 Å². The first kappa shape index (κ1) is 14.1. The summed E-state index contributed by atoms with van der Waals surface area (Å²) in [6.07, 6.45) is 1.02. The van der Waals surface area contributed by atoms with Gasteiger partial charge in [-0.25, -0.2) is 5.84 Å². The van der Waals surface area contributed by atoms with Crippen LogP contribution in [0.25, 0.3) is 0 Å². The predicted molar refractivity (Wildman–Crippen MR) is 68.6 cm³/mol. The first-order chi connectivity index (χ1) is 8.22. The van der Waals surface area contributed by atoms with Gasteiger partial charge in [-0.3, -0.25) is 15.1 Å². The fourth-order valence-electron chi connectivity index (χ4n) is 1.69. The molecule has 0 atom stereocenters. The molecule has 0 radical (unpaired) electrons. The van der Waals surface area contributed by atoms with Crippen LogP contribution in [0.15, 0.2) is 11.4 Å². The van der Waals surface area contributed by atoms with Crippen LogP contribution >= 0.6 is 11.3 Å². The molecule has 0 saturated heterocycles. The molecule has 1 heterocycles. The minimum Gasteiger partial charge on any atom is -0.395 e. The summed E-state index contributed by atoms with van der Waals surface area (Å²) in [4.78, 5) is 14.3. The van der Waals surface area contributed by atoms with Gasteiger partial charge in [-0.15, -0.1) is 11.3 Å². The van der Waals surface area contributed by atoms with Crippen molar-refractivity contribution in [2.45, 2.75) is 19.9 Å². The highest BCUT2D eigenvalue weighted by Gasteiger charge is 2.14. The summed E-state index contributed by atoms with van der Waals surface area (Å²) in [5.74, 6) is 4.88. The van der Waals surface area contributed by atoms with Crippen LogP contribution in [0.4, 0.5) is 0 Å². The largest absolute Gasteiger partial charge is 0.395 e. The molecule has 1 rings (SSSR count). The molecule has 0 saturated carbocycles. The number of nitrogens with two attached hydrogens (primary N) is 1. The first-order valence-electron chi connectivity index (χ1n) is 5.63. The van der Waals surface area contributed by atoms with Crippen molar-refractivity contribution in [3.05, 3.63) is 21.9 Å². The molecule has 0 aliphatic rings. The Morgan fingerprint density at radius 1 is 1.59 bits per heavy atom. The van der Waals surface area contributed by atoms with Crippen molar-refractivity contribution in [1.82, 2.24) is 10.3 Å². The lowest BCUT2D eigenvalue weighted by molar-refractivity contribution is 0.0955. The van der Waals surface area contributed by atoms with Gasteiger partial charge in [0.15, 0.2) is 0 Å². The van der Waals surface area contributed by atoms with Crippen LogP contribution in [0.1, 0.15) is 28.6 Å². The summed E-state index contributed by atoms with van der Waals surface area (Å²) in [5.41, 5.74) is 3.11. The van der Waals surface area contributed by atoms with Gasteiger partial charge in [-0.2, -0.15) is 0 Å². The van der Waals surface area contributed by atoms with Crippen LogP contribution in [0.2, 0.25) is 0 Å². The number of hydrogen-bond donors (Lipinski definition) is 3. The van der Waals surface area contributed by atoms with E-state index in [-0.39, 0.29) is 12.5 Å². The zero-order valence-electron chi connectivity index (χ0n) is 9.98. The van der Waals surface area contributed by atoms with E-state index in [1.165, 1.54) is 11.3 Å². The summed E-state index contributed by atoms with van der Waals surface area (Å²) in [6.45, 7) is 4.40. The number of carbonyl (C=O) groups excluding carboxylic acids is 1. The minimum absolute atomic E-state index is 0.128. The van der Waals surface area contributed by atoms with Gasteiger partial charge in [0.05, 0.1) is 11.5 Å². The van der Waals surface area contributed by atoms with E-state index in [0.717, 1.165) is 18.5 Å². The number of aliphatic hydroxyl groups is 1. The van der Waals surface area contributed by atoms with Gasteiger partial charge in [-0.1, -0.05) is 6.92 Å². The lowest BCUT2D eigenvalue weighted by atomic mass is 10.2. The summed E-state index contributed by atoms with van der Waals surface area (Å²) >= 11 is 1.38. The van der Waals surface area contributed by atoms with Crippen molar-refractivity contribution >= 4 is 17.2 Å². The SMILES string of the molecule is CCCN(CCO)Cc1ccsc1C(=O)NN. The van der Waals surface area contributed by atoms with Crippen LogP contribution in [0.5, 0.6) is 0 Å². The van der Waals surface area contributed by atoms with Gasteiger partial charge < -0.3 is 5.11 Å². The Morgan fingerprint density at radius 2 is 2.35 bits per heavy atom. The van der Waals surface area contributed by atoms with Gasteiger partial charge in [0, 0.05) is 13.1 Å². The maximum Gasteiger partial charge on any atom is 0.275 e. The molecule has 6 heteroatoms. The molecular formula is C11H19N3O2S. The number of nitrogens with one attached hydrogen (secondary N) is 1. The van der Waals surface area contributed by atoms with Crippen molar-refractivity contribution in [1.29, 1.82) is 0 Å². The Bertz CT molecular complexity index is 348. The van der Waals surface area contributed by atoms with E-state index in [1.54, 1.807) is 0 Å². The van der Waals surface area contributed by atoms with Crippen molar-refractivity contribution in [3.63, 3.8) is 0 Å². The van der Waals surface area contributed by atoms with E-state index < -0.39 is 0 Å². The summed E-state index contributed by atoms with van der Waals surface area (Å²) < 4.78 is 0. The Labute approximate surface area is 105 Å². The number of hydrogen-bond acceptors (Lipinski definition) is 5. The van der Waals surface area contributed by atoms with E-state index in [9.17, 15) is 4.79 Å². The van der Waals surface area contributed by atoms with Gasteiger partial charge in [-0.05, 0) is 30.0 Å². The van der Waals surface area contributed by atoms with Crippen LogP contribution in [0.3, 0.4) is 0 Å². The Kier molecular flexibility index (Phi) is 6.13. The Balaban J connectivity index is 2.71. The average molecular weight is 257 g/mol. The van der Waals surface area contributed by atoms with E-state index in [4.69, 9.17) is 10.9 Å². The minimum atomic E-state index is -0.254. The lowest BCUT2D eigenvalue weighted by Gasteiger charge is -2.20. The molecule has 0 bridgehead atoms. The number of aliphatic hydroxyl groups excluding tert-OH is 1. The monoisotopic (exact) mass is 257 g/mol. The third-order valence-electron chi connectivity index (χ3n) is 2.43. The second-order valence-electron chi connectivity index (χ2n) is 3.75. The molecule has 1 amide bonds. The van der Waals surface area contributed by atoms with Crippen molar-refractivity contribution in [2.24, 2.45) is 5.84 Å². The van der Waals surface area contributed by atoms with Gasteiger partial charge >= 0.3 is 0 Å². The molecule has 96 valence electrons. The molecule has 1 aromatic heterocycles. The Hall–Kier alpha value is -0.950.